The second kappa shape index (κ2) is 11.5. The number of benzene rings is 3. The molecule has 1 unspecified atom stereocenters. The predicted molar refractivity (Wildman–Crippen MR) is 152 cm³/mol. The molecule has 0 radical (unpaired) electrons. The van der Waals surface area contributed by atoms with Crippen molar-refractivity contribution in [2.45, 2.75) is 36.8 Å². The number of para-hydroxylation sites is 1. The van der Waals surface area contributed by atoms with Gasteiger partial charge in [-0.05, 0) is 65.6 Å². The molecule has 43 heavy (non-hydrogen) atoms. The van der Waals surface area contributed by atoms with Crippen LogP contribution in [0.4, 0.5) is 32.0 Å². The highest BCUT2D eigenvalue weighted by Crippen LogP contribution is 2.49. The van der Waals surface area contributed by atoms with Gasteiger partial charge in [-0.25, -0.2) is 0 Å². The summed E-state index contributed by atoms with van der Waals surface area (Å²) in [5, 5.41) is 15.4. The highest BCUT2D eigenvalue weighted by Gasteiger charge is 2.74. The van der Waals surface area contributed by atoms with Crippen molar-refractivity contribution < 1.29 is 36.2 Å². The summed E-state index contributed by atoms with van der Waals surface area (Å²) in [5.74, 6) is -0.173. The van der Waals surface area contributed by atoms with Crippen LogP contribution in [0.2, 0.25) is 10.0 Å². The van der Waals surface area contributed by atoms with Crippen LogP contribution in [-0.4, -0.2) is 52.7 Å². The Bertz CT molecular complexity index is 1570. The molecule has 3 aromatic carbocycles. The molecule has 13 heteroatoms. The van der Waals surface area contributed by atoms with E-state index in [4.69, 9.17) is 23.2 Å². The van der Waals surface area contributed by atoms with Crippen LogP contribution in [0.25, 0.3) is 5.57 Å². The van der Waals surface area contributed by atoms with Gasteiger partial charge in [-0.3, -0.25) is 9.80 Å². The van der Waals surface area contributed by atoms with E-state index >= 15 is 0 Å². The maximum Gasteiger partial charge on any atom is 0.431 e. The molecular formula is C30H23Cl2F6N3O2. The molecule has 3 aromatic rings. The van der Waals surface area contributed by atoms with Crippen molar-refractivity contribution in [2.24, 2.45) is 5.10 Å². The van der Waals surface area contributed by atoms with E-state index in [9.17, 15) is 36.2 Å². The molecule has 0 fully saturated rings. The molecule has 5 nitrogen and oxygen atoms in total. The van der Waals surface area contributed by atoms with Crippen molar-refractivity contribution in [3.8, 4) is 0 Å². The Labute approximate surface area is 252 Å². The first kappa shape index (κ1) is 30.9. The zero-order valence-electron chi connectivity index (χ0n) is 22.1. The summed E-state index contributed by atoms with van der Waals surface area (Å²) in [7, 11) is 0. The lowest BCUT2D eigenvalue weighted by Crippen LogP contribution is -2.62. The van der Waals surface area contributed by atoms with Crippen LogP contribution in [0.1, 0.15) is 40.4 Å². The lowest BCUT2D eigenvalue weighted by Gasteiger charge is -2.32. The average molecular weight is 642 g/mol. The van der Waals surface area contributed by atoms with Crippen molar-refractivity contribution in [3.05, 3.63) is 106 Å². The van der Waals surface area contributed by atoms with Crippen molar-refractivity contribution in [1.82, 2.24) is 4.90 Å². The van der Waals surface area contributed by atoms with E-state index < -0.39 is 36.1 Å². The fraction of sp³-hybridized carbons (Fsp3) is 0.267. The van der Waals surface area contributed by atoms with Crippen LogP contribution in [0.3, 0.4) is 0 Å². The van der Waals surface area contributed by atoms with Gasteiger partial charge in [0.15, 0.2) is 0 Å². The highest BCUT2D eigenvalue weighted by atomic mass is 35.5. The molecule has 1 amide bonds. The third kappa shape index (κ3) is 5.85. The molecule has 2 heterocycles. The van der Waals surface area contributed by atoms with Crippen LogP contribution < -0.4 is 5.01 Å². The van der Waals surface area contributed by atoms with Crippen LogP contribution in [0.15, 0.2) is 84.0 Å². The fourth-order valence-corrected chi connectivity index (χ4v) is 5.52. The van der Waals surface area contributed by atoms with Crippen molar-refractivity contribution in [3.63, 3.8) is 0 Å². The molecule has 0 aromatic heterocycles. The number of anilines is 1. The van der Waals surface area contributed by atoms with Gasteiger partial charge in [-0.15, -0.1) is 0 Å². The van der Waals surface area contributed by atoms with Gasteiger partial charge < -0.3 is 10.0 Å². The van der Waals surface area contributed by atoms with E-state index in [-0.39, 0.29) is 16.6 Å². The molecule has 0 bridgehead atoms. The minimum Gasteiger partial charge on any atom is -0.369 e. The van der Waals surface area contributed by atoms with Gasteiger partial charge in [0.1, 0.15) is 0 Å². The van der Waals surface area contributed by atoms with Gasteiger partial charge in [-0.2, -0.15) is 31.4 Å². The van der Waals surface area contributed by atoms with E-state index in [1.165, 1.54) is 18.2 Å². The minimum atomic E-state index is -6.07. The van der Waals surface area contributed by atoms with Crippen LogP contribution in [0, 0.1) is 0 Å². The highest BCUT2D eigenvalue weighted by molar-refractivity contribution is 6.33. The summed E-state index contributed by atoms with van der Waals surface area (Å²) in [6.07, 6.45) is -10.7. The van der Waals surface area contributed by atoms with Gasteiger partial charge >= 0.3 is 12.4 Å². The lowest BCUT2D eigenvalue weighted by atomic mass is 9.88. The number of aliphatic hydroxyl groups is 1. The maximum atomic E-state index is 13.8. The van der Waals surface area contributed by atoms with E-state index in [2.05, 4.69) is 5.10 Å². The SMILES string of the molecule is O=C(c1ccc(Cl)cc1)N1CC=C(c2cccc(C3CC(C(O)(C(F)(F)F)C(F)(F)F)=NN3c3ccccc3Cl)c2)CC1. The predicted octanol–water partition coefficient (Wildman–Crippen LogP) is 8.09. The van der Waals surface area contributed by atoms with Gasteiger partial charge in [0, 0.05) is 30.1 Å². The number of halogens is 8. The molecule has 2 aliphatic rings. The number of carbonyl (C=O) groups excluding carboxylic acids is 1. The van der Waals surface area contributed by atoms with Crippen molar-refractivity contribution in [1.29, 1.82) is 0 Å². The Balaban J connectivity index is 1.46. The third-order valence-corrected chi connectivity index (χ3v) is 8.05. The summed E-state index contributed by atoms with van der Waals surface area (Å²) in [5.41, 5.74) is -4.18. The molecule has 1 N–H and O–H groups in total. The van der Waals surface area contributed by atoms with Crippen molar-refractivity contribution in [2.75, 3.05) is 18.1 Å². The molecule has 2 aliphatic heterocycles. The zero-order chi connectivity index (χ0) is 31.2. The van der Waals surface area contributed by atoms with Gasteiger partial charge in [0.25, 0.3) is 11.5 Å². The molecule has 0 aliphatic carbocycles. The van der Waals surface area contributed by atoms with Gasteiger partial charge in [-0.1, -0.05) is 59.6 Å². The summed E-state index contributed by atoms with van der Waals surface area (Å²) in [6.45, 7) is 0.692. The topological polar surface area (TPSA) is 56.1 Å². The summed E-state index contributed by atoms with van der Waals surface area (Å²) < 4.78 is 82.7. The van der Waals surface area contributed by atoms with Gasteiger partial charge in [0.05, 0.1) is 22.5 Å². The smallest absolute Gasteiger partial charge is 0.369 e. The molecule has 0 saturated carbocycles. The largest absolute Gasteiger partial charge is 0.431 e. The van der Waals surface area contributed by atoms with E-state index in [0.717, 1.165) is 10.6 Å². The first-order valence-corrected chi connectivity index (χ1v) is 13.8. The Morgan fingerprint density at radius 2 is 1.58 bits per heavy atom. The summed E-state index contributed by atoms with van der Waals surface area (Å²) >= 11 is 12.2. The zero-order valence-corrected chi connectivity index (χ0v) is 23.6. The minimum absolute atomic E-state index is 0.0525. The lowest BCUT2D eigenvalue weighted by molar-refractivity contribution is -0.338. The fourth-order valence-electron chi connectivity index (χ4n) is 5.17. The van der Waals surface area contributed by atoms with Crippen LogP contribution in [0.5, 0.6) is 0 Å². The number of carbonyl (C=O) groups is 1. The normalized spacial score (nSPS) is 18.0. The molecule has 1 atom stereocenters. The molecule has 226 valence electrons. The van der Waals surface area contributed by atoms with Crippen LogP contribution in [-0.2, 0) is 0 Å². The number of rotatable bonds is 5. The second-order valence-electron chi connectivity index (χ2n) is 10.1. The Morgan fingerprint density at radius 3 is 2.19 bits per heavy atom. The first-order chi connectivity index (χ1) is 20.2. The number of nitrogens with zero attached hydrogens (tertiary/aromatic N) is 3. The number of hydrazone groups is 1. The van der Waals surface area contributed by atoms with E-state index in [1.54, 1.807) is 59.5 Å². The van der Waals surface area contributed by atoms with Gasteiger partial charge in [0.2, 0.25) is 0 Å². The summed E-state index contributed by atoms with van der Waals surface area (Å²) in [6, 6.07) is 17.9. The summed E-state index contributed by atoms with van der Waals surface area (Å²) in [4.78, 5) is 14.5. The van der Waals surface area contributed by atoms with Crippen LogP contribution >= 0.6 is 23.2 Å². The Hall–Kier alpha value is -3.54. The Morgan fingerprint density at radius 1 is 0.907 bits per heavy atom. The average Bonchev–Trinajstić information content (AvgIpc) is 3.41. The Kier molecular flexibility index (Phi) is 8.28. The molecule has 5 rings (SSSR count). The monoisotopic (exact) mass is 641 g/mol. The standard InChI is InChI=1S/C30H23Cl2F6N3O2/c31-22-10-8-19(9-11-22)27(42)40-14-12-18(13-15-40)20-4-3-5-21(16-20)25-17-26(28(43,29(33,34)35)30(36,37)38)39-41(25)24-7-2-1-6-23(24)32/h1-12,16,25,43H,13-15,17H2. The number of hydrogen-bond acceptors (Lipinski definition) is 4. The molecular weight excluding hydrogens is 619 g/mol. The quantitative estimate of drug-likeness (QED) is 0.287. The molecule has 0 saturated heterocycles. The number of hydrogen-bond donors (Lipinski definition) is 1. The number of alkyl halides is 6. The van der Waals surface area contributed by atoms with Crippen molar-refractivity contribution >= 4 is 46.1 Å². The first-order valence-electron chi connectivity index (χ1n) is 13.0. The third-order valence-electron chi connectivity index (χ3n) is 7.48. The maximum absolute atomic E-state index is 13.8. The van der Waals surface area contributed by atoms with E-state index in [1.807, 2.05) is 6.08 Å². The number of amides is 1. The van der Waals surface area contributed by atoms with E-state index in [0.29, 0.717) is 41.2 Å². The molecule has 0 spiro atoms. The second-order valence-corrected chi connectivity index (χ2v) is 11.0.